The van der Waals surface area contributed by atoms with E-state index in [9.17, 15) is 19.8 Å². The molecule has 2 unspecified atom stereocenters. The Hall–Kier alpha value is -0.710. The Morgan fingerprint density at radius 1 is 0.459 bits per heavy atom. The summed E-state index contributed by atoms with van der Waals surface area (Å²) in [6.07, 6.45) is 27.4. The molecule has 2 atom stereocenters. The van der Waals surface area contributed by atoms with Gasteiger partial charge in [0.1, 0.15) is 0 Å². The molecule has 0 heterocycles. The number of hydrogen-bond donors (Lipinski definition) is 0. The van der Waals surface area contributed by atoms with Crippen molar-refractivity contribution in [1.29, 1.82) is 0 Å². The minimum absolute atomic E-state index is 0.443. The van der Waals surface area contributed by atoms with Crippen molar-refractivity contribution in [2.75, 3.05) is 0 Å². The number of hydrogen-bond acceptors (Lipinski definition) is 5. The summed E-state index contributed by atoms with van der Waals surface area (Å²) < 4.78 is -2.41. The van der Waals surface area contributed by atoms with Gasteiger partial charge in [0, 0.05) is 0 Å². The predicted molar refractivity (Wildman–Crippen MR) is 157 cm³/mol. The molecule has 0 radical (unpaired) electrons. The molecule has 0 aromatic heterocycles. The number of aliphatic carboxylic acids is 2. The molecule has 0 fully saturated rings. The zero-order valence-electron chi connectivity index (χ0n) is 25.0. The van der Waals surface area contributed by atoms with Gasteiger partial charge in [0.05, 0.1) is 21.4 Å². The van der Waals surface area contributed by atoms with E-state index in [0.717, 1.165) is 50.3 Å². The highest BCUT2D eigenvalue weighted by Crippen LogP contribution is 2.43. The monoisotopic (exact) mass is 540 g/mol. The van der Waals surface area contributed by atoms with E-state index in [1.54, 1.807) is 13.8 Å². The molecular weight excluding hydrogens is 480 g/mol. The second kappa shape index (κ2) is 23.2. The Labute approximate surface area is 234 Å². The van der Waals surface area contributed by atoms with Gasteiger partial charge in [0.25, 0.3) is 0 Å². The second-order valence-corrected chi connectivity index (χ2v) is 13.7. The molecule has 0 aromatic rings. The van der Waals surface area contributed by atoms with E-state index >= 15 is 0 Å². The van der Waals surface area contributed by atoms with Crippen LogP contribution in [0.15, 0.2) is 0 Å². The van der Waals surface area contributed by atoms with E-state index in [0.29, 0.717) is 12.8 Å². The molecule has 0 aliphatic heterocycles. The summed E-state index contributed by atoms with van der Waals surface area (Å²) in [5.41, 5.74) is 0. The summed E-state index contributed by atoms with van der Waals surface area (Å²) in [4.78, 5) is 24.1. The smallest absolute Gasteiger partial charge is 0.0573 e. The number of rotatable bonds is 28. The van der Waals surface area contributed by atoms with Crippen LogP contribution in [0.5, 0.6) is 0 Å². The highest BCUT2D eigenvalue weighted by Gasteiger charge is 2.37. The van der Waals surface area contributed by atoms with Crippen molar-refractivity contribution in [3.05, 3.63) is 0 Å². The van der Waals surface area contributed by atoms with Gasteiger partial charge in [-0.15, -0.1) is 11.8 Å². The van der Waals surface area contributed by atoms with Crippen molar-refractivity contribution in [3.8, 4) is 0 Å². The second-order valence-electron chi connectivity index (χ2n) is 11.7. The van der Waals surface area contributed by atoms with E-state index in [-0.39, 0.29) is 0 Å². The molecule has 0 bridgehead atoms. The molecule has 37 heavy (non-hydrogen) atoms. The molecule has 4 nitrogen and oxygen atoms in total. The highest BCUT2D eigenvalue weighted by molar-refractivity contribution is 8.03. The summed E-state index contributed by atoms with van der Waals surface area (Å²) in [5.74, 6) is -2.31. The standard InChI is InChI=1S/C32H62O4S/c1-5-7-9-11-13-15-17-19-21-23-25-27-31(3,29(33)34)37-32(4,30(35)36)28-26-24-22-20-18-16-14-12-10-8-6-2/h5-28H2,1-4H3,(H,33,34)(H,35,36)/p-2. The zero-order valence-corrected chi connectivity index (χ0v) is 25.8. The van der Waals surface area contributed by atoms with Crippen LogP contribution in [0, 0.1) is 0 Å². The fourth-order valence-electron chi connectivity index (χ4n) is 5.14. The van der Waals surface area contributed by atoms with Crippen molar-refractivity contribution < 1.29 is 19.8 Å². The van der Waals surface area contributed by atoms with Crippen LogP contribution in [0.3, 0.4) is 0 Å². The Morgan fingerprint density at radius 3 is 0.892 bits per heavy atom. The number of carboxylic acid groups (broad SMARTS) is 2. The molecule has 0 aromatic carbocycles. The summed E-state index contributed by atoms with van der Waals surface area (Å²) in [6.45, 7) is 7.76. The van der Waals surface area contributed by atoms with Gasteiger partial charge in [0.2, 0.25) is 0 Å². The largest absolute Gasteiger partial charge is 0.549 e. The Kier molecular flexibility index (Phi) is 22.8. The van der Waals surface area contributed by atoms with E-state index in [1.807, 2.05) is 0 Å². The normalized spacial score (nSPS) is 14.8. The van der Waals surface area contributed by atoms with E-state index in [2.05, 4.69) is 13.8 Å². The average molecular weight is 541 g/mol. The number of carboxylic acids is 2. The number of carbonyl (C=O) groups excluding carboxylic acids is 2. The molecule has 220 valence electrons. The SMILES string of the molecule is CCCCCCCCCCCCCC(C)(SC(C)(CCCCCCCCCCCCC)C(=O)[O-])C(=O)[O-]. The molecule has 0 aliphatic rings. The van der Waals surface area contributed by atoms with Crippen molar-refractivity contribution in [1.82, 2.24) is 0 Å². The first-order valence-electron chi connectivity index (χ1n) is 15.8. The average Bonchev–Trinajstić information content (AvgIpc) is 2.85. The third-order valence-corrected chi connectivity index (χ3v) is 9.47. The number of carbonyl (C=O) groups is 2. The van der Waals surface area contributed by atoms with Crippen molar-refractivity contribution >= 4 is 23.7 Å². The van der Waals surface area contributed by atoms with Gasteiger partial charge in [-0.25, -0.2) is 0 Å². The van der Waals surface area contributed by atoms with Gasteiger partial charge in [-0.2, -0.15) is 0 Å². The molecule has 0 saturated carbocycles. The molecule has 0 amide bonds. The first kappa shape index (κ1) is 36.3. The van der Waals surface area contributed by atoms with Gasteiger partial charge in [-0.3, -0.25) is 0 Å². The maximum Gasteiger partial charge on any atom is 0.0573 e. The third-order valence-electron chi connectivity index (χ3n) is 7.83. The minimum atomic E-state index is -1.20. The number of thioether (sulfide) groups is 1. The van der Waals surface area contributed by atoms with Crippen LogP contribution < -0.4 is 10.2 Å². The van der Waals surface area contributed by atoms with Crippen molar-refractivity contribution in [2.24, 2.45) is 0 Å². The maximum atomic E-state index is 12.0. The predicted octanol–water partition coefficient (Wildman–Crippen LogP) is 8.14. The van der Waals surface area contributed by atoms with Gasteiger partial charge in [0.15, 0.2) is 0 Å². The molecule has 0 saturated heterocycles. The Balaban J connectivity index is 4.25. The summed E-state index contributed by atoms with van der Waals surface area (Å²) in [7, 11) is 0. The third kappa shape index (κ3) is 19.1. The minimum Gasteiger partial charge on any atom is -0.549 e. The van der Waals surface area contributed by atoms with Gasteiger partial charge in [-0.1, -0.05) is 155 Å². The Bertz CT molecular complexity index is 519. The number of unbranched alkanes of at least 4 members (excludes halogenated alkanes) is 20. The zero-order chi connectivity index (χ0) is 27.8. The van der Waals surface area contributed by atoms with Crippen LogP contribution >= 0.6 is 11.8 Å². The van der Waals surface area contributed by atoms with Crippen LogP contribution in [0.25, 0.3) is 0 Å². The molecule has 0 spiro atoms. The van der Waals surface area contributed by atoms with Gasteiger partial charge < -0.3 is 19.8 Å². The quantitative estimate of drug-likeness (QED) is 0.0936. The lowest BCUT2D eigenvalue weighted by atomic mass is 9.99. The van der Waals surface area contributed by atoms with Crippen molar-refractivity contribution in [3.63, 3.8) is 0 Å². The summed E-state index contributed by atoms with van der Waals surface area (Å²) in [5, 5.41) is 24.1. The lowest BCUT2D eigenvalue weighted by Crippen LogP contribution is -2.51. The fourth-order valence-corrected chi connectivity index (χ4v) is 6.79. The summed E-state index contributed by atoms with van der Waals surface area (Å²) >= 11 is 1.05. The first-order valence-corrected chi connectivity index (χ1v) is 16.7. The lowest BCUT2D eigenvalue weighted by molar-refractivity contribution is -0.309. The van der Waals surface area contributed by atoms with Crippen molar-refractivity contribution in [2.45, 2.75) is 191 Å². The van der Waals surface area contributed by atoms with E-state index in [4.69, 9.17) is 0 Å². The molecule has 0 N–H and O–H groups in total. The first-order chi connectivity index (χ1) is 17.7. The maximum absolute atomic E-state index is 12.0. The molecule has 0 aliphatic carbocycles. The summed E-state index contributed by atoms with van der Waals surface area (Å²) in [6, 6.07) is 0. The van der Waals surface area contributed by atoms with Gasteiger partial charge in [-0.05, 0) is 26.7 Å². The molecule has 0 rings (SSSR count). The van der Waals surface area contributed by atoms with Gasteiger partial charge >= 0.3 is 0 Å². The topological polar surface area (TPSA) is 80.3 Å². The van der Waals surface area contributed by atoms with Crippen LogP contribution in [0.4, 0.5) is 0 Å². The van der Waals surface area contributed by atoms with E-state index < -0.39 is 21.4 Å². The molecular formula is C32H60O4S-2. The fraction of sp³-hybridized carbons (Fsp3) is 0.938. The molecule has 5 heteroatoms. The van der Waals surface area contributed by atoms with E-state index in [1.165, 1.54) is 103 Å². The van der Waals surface area contributed by atoms with Crippen LogP contribution in [-0.4, -0.2) is 21.4 Å². The van der Waals surface area contributed by atoms with Crippen LogP contribution in [-0.2, 0) is 9.59 Å². The van der Waals surface area contributed by atoms with Crippen LogP contribution in [0.2, 0.25) is 0 Å². The highest BCUT2D eigenvalue weighted by atomic mass is 32.2. The van der Waals surface area contributed by atoms with Crippen LogP contribution in [0.1, 0.15) is 182 Å². The lowest BCUT2D eigenvalue weighted by Gasteiger charge is -2.40. The Morgan fingerprint density at radius 2 is 0.676 bits per heavy atom.